The van der Waals surface area contributed by atoms with Crippen LogP contribution in [-0.4, -0.2) is 14.4 Å². The van der Waals surface area contributed by atoms with Crippen molar-refractivity contribution in [3.8, 4) is 0 Å². The lowest BCUT2D eigenvalue weighted by Crippen LogP contribution is -1.88. The molecule has 0 unspecified atom stereocenters. The fraction of sp³-hybridized carbons (Fsp3) is 0. The van der Waals surface area contributed by atoms with E-state index in [1.54, 1.807) is 16.8 Å². The maximum absolute atomic E-state index is 7.29. The second-order valence-corrected chi connectivity index (χ2v) is 3.52. The zero-order valence-corrected chi connectivity index (χ0v) is 8.42. The van der Waals surface area contributed by atoms with Gasteiger partial charge in [0.15, 0.2) is 10.3 Å². The van der Waals surface area contributed by atoms with Crippen LogP contribution in [0.5, 0.6) is 0 Å². The molecule has 0 atom stereocenters. The molecule has 11 heavy (non-hydrogen) atoms. The van der Waals surface area contributed by atoms with Crippen molar-refractivity contribution in [2.75, 3.05) is 0 Å². The number of imidazole rings is 1. The fourth-order valence-corrected chi connectivity index (χ4v) is 1.93. The molecule has 0 radical (unpaired) electrons. The van der Waals surface area contributed by atoms with Gasteiger partial charge in [0.25, 0.3) is 0 Å². The van der Waals surface area contributed by atoms with Gasteiger partial charge in [0.2, 0.25) is 0 Å². The van der Waals surface area contributed by atoms with E-state index >= 15 is 0 Å². The molecule has 0 aliphatic rings. The molecule has 0 amide bonds. The molecule has 2 aromatic rings. The van der Waals surface area contributed by atoms with E-state index in [1.165, 1.54) is 0 Å². The second-order valence-electron chi connectivity index (χ2n) is 1.96. The molecule has 0 saturated carbocycles. The van der Waals surface area contributed by atoms with Gasteiger partial charge >= 0.3 is 0 Å². The summed E-state index contributed by atoms with van der Waals surface area (Å²) in [5.41, 5.74) is 0.656. The topological polar surface area (TPSA) is 30.2 Å². The lowest BCUT2D eigenvalue weighted by molar-refractivity contribution is 1.08. The summed E-state index contributed by atoms with van der Waals surface area (Å²) in [6, 6.07) is 0. The summed E-state index contributed by atoms with van der Waals surface area (Å²) in [5, 5.41) is 0. The van der Waals surface area contributed by atoms with E-state index in [9.17, 15) is 0 Å². The van der Waals surface area contributed by atoms with Crippen LogP contribution in [0.15, 0.2) is 27.8 Å². The first kappa shape index (κ1) is 6.14. The second kappa shape index (κ2) is 2.57. The molecule has 2 heterocycles. The average Bonchev–Trinajstić information content (AvgIpc) is 2.29. The lowest BCUT2D eigenvalue weighted by atomic mass is 10.7. The molecular weight excluding hydrogens is 274 g/mol. The van der Waals surface area contributed by atoms with Crippen molar-refractivity contribution in [3.05, 3.63) is 27.8 Å². The SMILES string of the molecule is [2H]c1cn2cc(Br)nc(Br)c2n1. The fourth-order valence-electron chi connectivity index (χ4n) is 0.810. The summed E-state index contributed by atoms with van der Waals surface area (Å²) in [6.07, 6.45) is 3.60. The van der Waals surface area contributed by atoms with Gasteiger partial charge in [0, 0.05) is 18.6 Å². The Morgan fingerprint density at radius 2 is 2.36 bits per heavy atom. The third-order valence-electron chi connectivity index (χ3n) is 1.25. The minimum Gasteiger partial charge on any atom is -0.302 e. The third kappa shape index (κ3) is 1.18. The molecule has 3 nitrogen and oxygen atoms in total. The first-order valence-electron chi connectivity index (χ1n) is 3.34. The first-order valence-corrected chi connectivity index (χ1v) is 4.43. The number of nitrogens with zero attached hydrogens (tertiary/aromatic N) is 3. The van der Waals surface area contributed by atoms with E-state index in [2.05, 4.69) is 41.8 Å². The van der Waals surface area contributed by atoms with Gasteiger partial charge in [-0.05, 0) is 31.9 Å². The predicted octanol–water partition coefficient (Wildman–Crippen LogP) is 2.25. The van der Waals surface area contributed by atoms with Gasteiger partial charge in [0.05, 0.1) is 1.37 Å². The number of halogens is 2. The van der Waals surface area contributed by atoms with Crippen molar-refractivity contribution in [3.63, 3.8) is 0 Å². The molecule has 5 heteroatoms. The van der Waals surface area contributed by atoms with Crippen LogP contribution in [0.25, 0.3) is 5.65 Å². The minimum absolute atomic E-state index is 0.232. The van der Waals surface area contributed by atoms with Gasteiger partial charge in [-0.25, -0.2) is 9.97 Å². The van der Waals surface area contributed by atoms with Crippen LogP contribution in [0.3, 0.4) is 0 Å². The van der Waals surface area contributed by atoms with Crippen LogP contribution in [0, 0.1) is 0 Å². The number of hydrogen-bond acceptors (Lipinski definition) is 2. The Morgan fingerprint density at radius 1 is 1.55 bits per heavy atom. The molecule has 56 valence electrons. The molecule has 0 aliphatic heterocycles. The molecule has 0 N–H and O–H groups in total. The monoisotopic (exact) mass is 276 g/mol. The zero-order chi connectivity index (χ0) is 8.72. The molecular formula is C6H3Br2N3. The Labute approximate surface area is 81.1 Å². The van der Waals surface area contributed by atoms with E-state index in [1.807, 2.05) is 0 Å². The normalized spacial score (nSPS) is 12.0. The van der Waals surface area contributed by atoms with Gasteiger partial charge in [-0.2, -0.15) is 0 Å². The molecule has 2 aromatic heterocycles. The number of rotatable bonds is 0. The smallest absolute Gasteiger partial charge is 0.170 e. The van der Waals surface area contributed by atoms with Crippen molar-refractivity contribution in [1.82, 2.24) is 14.4 Å². The summed E-state index contributed by atoms with van der Waals surface area (Å²) in [6.45, 7) is 0. The summed E-state index contributed by atoms with van der Waals surface area (Å²) in [4.78, 5) is 8.03. The van der Waals surface area contributed by atoms with Crippen LogP contribution >= 0.6 is 31.9 Å². The highest BCUT2D eigenvalue weighted by atomic mass is 79.9. The highest BCUT2D eigenvalue weighted by Gasteiger charge is 2.01. The van der Waals surface area contributed by atoms with Crippen LogP contribution < -0.4 is 0 Å². The third-order valence-corrected chi connectivity index (χ3v) is 2.16. The molecule has 0 bridgehead atoms. The van der Waals surface area contributed by atoms with Crippen molar-refractivity contribution in [1.29, 1.82) is 0 Å². The van der Waals surface area contributed by atoms with E-state index in [-0.39, 0.29) is 6.17 Å². The van der Waals surface area contributed by atoms with Crippen molar-refractivity contribution >= 4 is 37.5 Å². The summed E-state index contributed by atoms with van der Waals surface area (Å²) in [7, 11) is 0. The highest BCUT2D eigenvalue weighted by molar-refractivity contribution is 9.11. The Kier molecular flexibility index (Phi) is 1.43. The number of hydrogen-bond donors (Lipinski definition) is 0. The van der Waals surface area contributed by atoms with Crippen LogP contribution in [-0.2, 0) is 0 Å². The first-order chi connectivity index (χ1) is 5.66. The van der Waals surface area contributed by atoms with Crippen LogP contribution in [0.2, 0.25) is 0 Å². The summed E-state index contributed by atoms with van der Waals surface area (Å²) >= 11 is 6.49. The zero-order valence-electron chi connectivity index (χ0n) is 6.25. The van der Waals surface area contributed by atoms with Crippen molar-refractivity contribution in [2.24, 2.45) is 0 Å². The van der Waals surface area contributed by atoms with Crippen LogP contribution in [0.1, 0.15) is 1.37 Å². The van der Waals surface area contributed by atoms with Crippen molar-refractivity contribution < 1.29 is 1.37 Å². The highest BCUT2D eigenvalue weighted by Crippen LogP contribution is 2.16. The predicted molar refractivity (Wildman–Crippen MR) is 48.4 cm³/mol. The molecule has 0 aliphatic carbocycles. The maximum Gasteiger partial charge on any atom is 0.170 e. The van der Waals surface area contributed by atoms with Gasteiger partial charge in [-0.15, -0.1) is 0 Å². The molecule has 0 fully saturated rings. The van der Waals surface area contributed by atoms with Crippen LogP contribution in [0.4, 0.5) is 0 Å². The Bertz CT molecular complexity index is 440. The van der Waals surface area contributed by atoms with Gasteiger partial charge in [-0.1, -0.05) is 0 Å². The van der Waals surface area contributed by atoms with Gasteiger partial charge in [0.1, 0.15) is 4.60 Å². The average molecular weight is 278 g/mol. The lowest BCUT2D eigenvalue weighted by Gasteiger charge is -1.95. The largest absolute Gasteiger partial charge is 0.302 e. The Morgan fingerprint density at radius 3 is 3.18 bits per heavy atom. The van der Waals surface area contributed by atoms with E-state index in [4.69, 9.17) is 1.37 Å². The van der Waals surface area contributed by atoms with E-state index < -0.39 is 0 Å². The quantitative estimate of drug-likeness (QED) is 0.739. The standard InChI is InChI=1S/C6H3Br2N3/c7-4-3-11-2-1-9-6(11)5(8)10-4/h1-3H/i1D. The minimum atomic E-state index is 0.232. The van der Waals surface area contributed by atoms with Crippen molar-refractivity contribution in [2.45, 2.75) is 0 Å². The van der Waals surface area contributed by atoms with Gasteiger partial charge in [-0.3, -0.25) is 0 Å². The van der Waals surface area contributed by atoms with E-state index in [0.717, 1.165) is 0 Å². The summed E-state index contributed by atoms with van der Waals surface area (Å²) in [5.74, 6) is 0. The Balaban J connectivity index is 2.88. The molecule has 0 spiro atoms. The maximum atomic E-state index is 7.29. The summed E-state index contributed by atoms with van der Waals surface area (Å²) < 4.78 is 10.4. The number of fused-ring (bicyclic) bond motifs is 1. The molecule has 2 rings (SSSR count). The van der Waals surface area contributed by atoms with E-state index in [0.29, 0.717) is 14.9 Å². The van der Waals surface area contributed by atoms with Gasteiger partial charge < -0.3 is 4.40 Å². The molecule has 0 saturated heterocycles. The molecule has 0 aromatic carbocycles. The number of aromatic nitrogens is 3. The Hall–Kier alpha value is -0.420.